The molecule has 1 amide bonds. The first-order valence-corrected chi connectivity index (χ1v) is 7.50. The van der Waals surface area contributed by atoms with E-state index in [0.717, 1.165) is 18.5 Å². The number of carbonyl (C=O) groups excluding carboxylic acids is 1. The third kappa shape index (κ3) is 6.06. The fourth-order valence-corrected chi connectivity index (χ4v) is 2.14. The average Bonchev–Trinajstić information content (AvgIpc) is 2.54. The minimum Gasteiger partial charge on any atom is -0.355 e. The van der Waals surface area contributed by atoms with E-state index in [1.807, 2.05) is 18.2 Å². The van der Waals surface area contributed by atoms with Crippen molar-refractivity contribution >= 4 is 5.91 Å². The highest BCUT2D eigenvalue weighted by molar-refractivity contribution is 5.77. The van der Waals surface area contributed by atoms with Crippen LogP contribution in [0.3, 0.4) is 0 Å². The first kappa shape index (κ1) is 16.2. The molecule has 0 spiro atoms. The van der Waals surface area contributed by atoms with Crippen molar-refractivity contribution in [1.82, 2.24) is 10.6 Å². The maximum Gasteiger partial charge on any atom is 0.233 e. The van der Waals surface area contributed by atoms with Gasteiger partial charge in [0.25, 0.3) is 0 Å². The first-order chi connectivity index (χ1) is 10.7. The van der Waals surface area contributed by atoms with Gasteiger partial charge < -0.3 is 10.6 Å². The highest BCUT2D eigenvalue weighted by atomic mass is 19.1. The lowest BCUT2D eigenvalue weighted by Gasteiger charge is -2.07. The molecule has 0 aliphatic carbocycles. The molecule has 0 heterocycles. The van der Waals surface area contributed by atoms with Gasteiger partial charge in [-0.05, 0) is 42.6 Å². The van der Waals surface area contributed by atoms with Crippen LogP contribution in [0.25, 0.3) is 0 Å². The number of hydrogen-bond donors (Lipinski definition) is 2. The summed E-state index contributed by atoms with van der Waals surface area (Å²) in [5.41, 5.74) is 2.27. The lowest BCUT2D eigenvalue weighted by Crippen LogP contribution is -2.35. The second kappa shape index (κ2) is 8.95. The number of rotatable bonds is 8. The molecule has 2 aromatic carbocycles. The van der Waals surface area contributed by atoms with Gasteiger partial charge in [-0.15, -0.1) is 0 Å². The van der Waals surface area contributed by atoms with E-state index in [1.165, 1.54) is 17.7 Å². The standard InChI is InChI=1S/C18H21FN2O/c19-17-8-6-16(7-9-17)11-13-21-18(22)14-20-12-10-15-4-2-1-3-5-15/h1-9,20H,10-14H2,(H,21,22). The minimum absolute atomic E-state index is 0.0184. The Morgan fingerprint density at radius 2 is 1.50 bits per heavy atom. The molecule has 0 saturated heterocycles. The Hall–Kier alpha value is -2.20. The van der Waals surface area contributed by atoms with Crippen molar-refractivity contribution in [3.05, 3.63) is 71.5 Å². The summed E-state index contributed by atoms with van der Waals surface area (Å²) >= 11 is 0. The monoisotopic (exact) mass is 300 g/mol. The summed E-state index contributed by atoms with van der Waals surface area (Å²) in [5.74, 6) is -0.259. The first-order valence-electron chi connectivity index (χ1n) is 7.50. The van der Waals surface area contributed by atoms with Gasteiger partial charge in [0.05, 0.1) is 6.54 Å². The summed E-state index contributed by atoms with van der Waals surface area (Å²) in [6.07, 6.45) is 1.61. The van der Waals surface area contributed by atoms with E-state index in [9.17, 15) is 9.18 Å². The second-order valence-corrected chi connectivity index (χ2v) is 5.14. The van der Waals surface area contributed by atoms with Crippen LogP contribution >= 0.6 is 0 Å². The molecule has 22 heavy (non-hydrogen) atoms. The minimum atomic E-state index is -0.240. The second-order valence-electron chi connectivity index (χ2n) is 5.14. The van der Waals surface area contributed by atoms with Gasteiger partial charge in [-0.2, -0.15) is 0 Å². The summed E-state index contributed by atoms with van der Waals surface area (Å²) in [6, 6.07) is 16.5. The van der Waals surface area contributed by atoms with Gasteiger partial charge in [-0.3, -0.25) is 4.79 Å². The molecule has 0 unspecified atom stereocenters. The summed E-state index contributed by atoms with van der Waals surface area (Å²) < 4.78 is 12.8. The normalized spacial score (nSPS) is 10.4. The quantitative estimate of drug-likeness (QED) is 0.735. The number of halogens is 1. The van der Waals surface area contributed by atoms with Crippen LogP contribution in [-0.2, 0) is 17.6 Å². The Bertz CT molecular complexity index is 569. The van der Waals surface area contributed by atoms with Crippen molar-refractivity contribution in [3.8, 4) is 0 Å². The van der Waals surface area contributed by atoms with Crippen LogP contribution in [0.2, 0.25) is 0 Å². The topological polar surface area (TPSA) is 41.1 Å². The van der Waals surface area contributed by atoms with Crippen molar-refractivity contribution in [2.24, 2.45) is 0 Å². The Kier molecular flexibility index (Phi) is 6.58. The van der Waals surface area contributed by atoms with Crippen LogP contribution in [0.4, 0.5) is 4.39 Å². The van der Waals surface area contributed by atoms with E-state index in [-0.39, 0.29) is 11.7 Å². The SMILES string of the molecule is O=C(CNCCc1ccccc1)NCCc1ccc(F)cc1. The Labute approximate surface area is 130 Å². The predicted molar refractivity (Wildman–Crippen MR) is 86.1 cm³/mol. The summed E-state index contributed by atoms with van der Waals surface area (Å²) in [5, 5.41) is 5.98. The summed E-state index contributed by atoms with van der Waals surface area (Å²) in [4.78, 5) is 11.7. The van der Waals surface area contributed by atoms with E-state index in [1.54, 1.807) is 12.1 Å². The molecule has 0 saturated carbocycles. The highest BCUT2D eigenvalue weighted by Gasteiger charge is 2.01. The summed E-state index contributed by atoms with van der Waals surface area (Å²) in [6.45, 7) is 1.65. The fraction of sp³-hybridized carbons (Fsp3) is 0.278. The highest BCUT2D eigenvalue weighted by Crippen LogP contribution is 2.02. The molecule has 2 aromatic rings. The Morgan fingerprint density at radius 3 is 2.23 bits per heavy atom. The van der Waals surface area contributed by atoms with Crippen molar-refractivity contribution in [2.75, 3.05) is 19.6 Å². The fourth-order valence-electron chi connectivity index (χ4n) is 2.14. The molecule has 2 rings (SSSR count). The van der Waals surface area contributed by atoms with Crippen LogP contribution < -0.4 is 10.6 Å². The van der Waals surface area contributed by atoms with E-state index >= 15 is 0 Å². The Morgan fingerprint density at radius 1 is 0.864 bits per heavy atom. The van der Waals surface area contributed by atoms with E-state index < -0.39 is 0 Å². The van der Waals surface area contributed by atoms with Crippen molar-refractivity contribution in [2.45, 2.75) is 12.8 Å². The smallest absolute Gasteiger partial charge is 0.233 e. The number of amides is 1. The van der Waals surface area contributed by atoms with Crippen LogP contribution in [0.1, 0.15) is 11.1 Å². The average molecular weight is 300 g/mol. The lowest BCUT2D eigenvalue weighted by molar-refractivity contribution is -0.120. The van der Waals surface area contributed by atoms with E-state index in [2.05, 4.69) is 22.8 Å². The van der Waals surface area contributed by atoms with Gasteiger partial charge in [-0.1, -0.05) is 42.5 Å². The molecule has 0 aliphatic rings. The number of hydrogen-bond acceptors (Lipinski definition) is 2. The lowest BCUT2D eigenvalue weighted by atomic mass is 10.1. The van der Waals surface area contributed by atoms with Crippen LogP contribution in [0.5, 0.6) is 0 Å². The van der Waals surface area contributed by atoms with Crippen molar-refractivity contribution in [1.29, 1.82) is 0 Å². The molecule has 2 N–H and O–H groups in total. The zero-order valence-corrected chi connectivity index (χ0v) is 12.5. The molecule has 0 aliphatic heterocycles. The number of nitrogens with one attached hydrogen (secondary N) is 2. The third-order valence-electron chi connectivity index (χ3n) is 3.37. The summed E-state index contributed by atoms with van der Waals surface area (Å²) in [7, 11) is 0. The van der Waals surface area contributed by atoms with Gasteiger partial charge in [0.2, 0.25) is 5.91 Å². The predicted octanol–water partition coefficient (Wildman–Crippen LogP) is 2.32. The van der Waals surface area contributed by atoms with Gasteiger partial charge in [0, 0.05) is 6.54 Å². The third-order valence-corrected chi connectivity index (χ3v) is 3.37. The van der Waals surface area contributed by atoms with Gasteiger partial charge in [-0.25, -0.2) is 4.39 Å². The molecule has 0 atom stereocenters. The van der Waals surface area contributed by atoms with Crippen molar-refractivity contribution in [3.63, 3.8) is 0 Å². The molecule has 116 valence electrons. The van der Waals surface area contributed by atoms with Gasteiger partial charge in [0.15, 0.2) is 0 Å². The van der Waals surface area contributed by atoms with E-state index in [0.29, 0.717) is 19.5 Å². The molecular formula is C18H21FN2O. The number of carbonyl (C=O) groups is 1. The zero-order valence-electron chi connectivity index (χ0n) is 12.5. The van der Waals surface area contributed by atoms with Crippen LogP contribution in [-0.4, -0.2) is 25.5 Å². The molecule has 0 fully saturated rings. The molecule has 4 heteroatoms. The molecule has 3 nitrogen and oxygen atoms in total. The zero-order chi connectivity index (χ0) is 15.6. The molecule has 0 bridgehead atoms. The van der Waals surface area contributed by atoms with Crippen LogP contribution in [0.15, 0.2) is 54.6 Å². The Balaban J connectivity index is 1.55. The largest absolute Gasteiger partial charge is 0.355 e. The van der Waals surface area contributed by atoms with Gasteiger partial charge in [0.1, 0.15) is 5.82 Å². The molecule has 0 radical (unpaired) electrons. The maximum absolute atomic E-state index is 12.8. The van der Waals surface area contributed by atoms with E-state index in [4.69, 9.17) is 0 Å². The molecule has 0 aromatic heterocycles. The van der Waals surface area contributed by atoms with Gasteiger partial charge >= 0.3 is 0 Å². The van der Waals surface area contributed by atoms with Crippen LogP contribution in [0, 0.1) is 5.82 Å². The molecular weight excluding hydrogens is 279 g/mol. The number of benzene rings is 2. The van der Waals surface area contributed by atoms with Crippen molar-refractivity contribution < 1.29 is 9.18 Å². The maximum atomic E-state index is 12.8.